The minimum absolute atomic E-state index is 0. The average Bonchev–Trinajstić information content (AvgIpc) is 3.31. The third-order valence-corrected chi connectivity index (χ3v) is 5.23. The van der Waals surface area contributed by atoms with Crippen LogP contribution in [-0.2, 0) is 7.05 Å². The van der Waals surface area contributed by atoms with Crippen LogP contribution in [0.25, 0.3) is 11.3 Å². The number of nitrogens with one attached hydrogen (secondary N) is 1. The van der Waals surface area contributed by atoms with Crippen molar-refractivity contribution < 1.29 is 4.79 Å². The number of rotatable bonds is 3. The van der Waals surface area contributed by atoms with Gasteiger partial charge in [0.05, 0.1) is 5.69 Å². The fourth-order valence-electron chi connectivity index (χ4n) is 3.14. The number of imidazole rings is 1. The molecule has 0 bridgehead atoms. The van der Waals surface area contributed by atoms with Gasteiger partial charge in [0.1, 0.15) is 16.7 Å². The van der Waals surface area contributed by atoms with Gasteiger partial charge in [-0.3, -0.25) is 4.79 Å². The number of aryl methyl sites for hydroxylation is 1. The Labute approximate surface area is 162 Å². The minimum Gasteiger partial charge on any atom is -0.336 e. The summed E-state index contributed by atoms with van der Waals surface area (Å²) in [5.41, 5.74) is 1.87. The van der Waals surface area contributed by atoms with Crippen LogP contribution in [0.4, 0.5) is 0 Å². The number of piperazine rings is 1. The maximum absolute atomic E-state index is 13.1. The number of carbonyl (C=O) groups is 1. The van der Waals surface area contributed by atoms with Crippen molar-refractivity contribution in [1.82, 2.24) is 24.1 Å². The summed E-state index contributed by atoms with van der Waals surface area (Å²) in [5.74, 6) is 0.919. The van der Waals surface area contributed by atoms with Gasteiger partial charge in [-0.1, -0.05) is 30.3 Å². The summed E-state index contributed by atoms with van der Waals surface area (Å²) in [7, 11) is 1.96. The molecule has 0 spiro atoms. The van der Waals surface area contributed by atoms with E-state index in [2.05, 4.69) is 14.7 Å². The highest BCUT2D eigenvalue weighted by atomic mass is 35.5. The van der Waals surface area contributed by atoms with Gasteiger partial charge in [0.25, 0.3) is 5.91 Å². The first kappa shape index (κ1) is 18.6. The number of amides is 1. The van der Waals surface area contributed by atoms with Crippen LogP contribution in [0.15, 0.2) is 48.8 Å². The molecule has 1 atom stereocenters. The molecule has 1 amide bonds. The van der Waals surface area contributed by atoms with Crippen molar-refractivity contribution in [2.24, 2.45) is 7.05 Å². The maximum Gasteiger partial charge on any atom is 0.266 e. The molecule has 8 heteroatoms. The van der Waals surface area contributed by atoms with E-state index in [1.54, 1.807) is 6.20 Å². The molecule has 1 unspecified atom stereocenters. The lowest BCUT2D eigenvalue weighted by atomic mass is 10.1. The number of hydrogen-bond donors (Lipinski definition) is 1. The molecule has 3 heterocycles. The van der Waals surface area contributed by atoms with Crippen molar-refractivity contribution in [3.63, 3.8) is 0 Å². The fraction of sp³-hybridized carbons (Fsp3) is 0.278. The molecule has 1 fully saturated rings. The van der Waals surface area contributed by atoms with Crippen molar-refractivity contribution in [1.29, 1.82) is 0 Å². The van der Waals surface area contributed by atoms with Crippen LogP contribution >= 0.6 is 23.9 Å². The van der Waals surface area contributed by atoms with Crippen molar-refractivity contribution >= 4 is 29.8 Å². The third kappa shape index (κ3) is 3.51. The van der Waals surface area contributed by atoms with Crippen LogP contribution in [0.2, 0.25) is 0 Å². The molecule has 1 N–H and O–H groups in total. The molecule has 0 saturated carbocycles. The van der Waals surface area contributed by atoms with E-state index >= 15 is 0 Å². The van der Waals surface area contributed by atoms with Crippen LogP contribution in [-0.4, -0.2) is 44.4 Å². The van der Waals surface area contributed by atoms with Gasteiger partial charge in [-0.25, -0.2) is 4.98 Å². The predicted octanol–water partition coefficient (Wildman–Crippen LogP) is 2.75. The zero-order valence-corrected chi connectivity index (χ0v) is 16.0. The zero-order chi connectivity index (χ0) is 17.2. The lowest BCUT2D eigenvalue weighted by Crippen LogP contribution is -2.49. The minimum atomic E-state index is -0.0662. The van der Waals surface area contributed by atoms with E-state index in [1.165, 1.54) is 11.5 Å². The fourth-order valence-corrected chi connectivity index (χ4v) is 3.85. The van der Waals surface area contributed by atoms with E-state index in [-0.39, 0.29) is 24.4 Å². The second-order valence-electron chi connectivity index (χ2n) is 6.06. The quantitative estimate of drug-likeness (QED) is 0.748. The Morgan fingerprint density at radius 1 is 1.31 bits per heavy atom. The molecule has 1 aromatic carbocycles. The first-order chi connectivity index (χ1) is 12.2. The molecule has 3 aromatic rings. The number of benzene rings is 1. The average molecular weight is 390 g/mol. The van der Waals surface area contributed by atoms with E-state index in [1.807, 2.05) is 59.1 Å². The highest BCUT2D eigenvalue weighted by Crippen LogP contribution is 2.27. The number of hydrogen-bond acceptors (Lipinski definition) is 5. The van der Waals surface area contributed by atoms with Crippen molar-refractivity contribution in [2.75, 3.05) is 19.6 Å². The van der Waals surface area contributed by atoms with Crippen molar-refractivity contribution in [3.05, 3.63) is 59.5 Å². The molecule has 4 rings (SSSR count). The Bertz CT molecular complexity index is 879. The van der Waals surface area contributed by atoms with Gasteiger partial charge >= 0.3 is 0 Å². The SMILES string of the molecule is Cl.Cn1ccnc1C1CNCCN1C(=O)c1cc(-c2ccccc2)ns1. The van der Waals surface area contributed by atoms with Gasteiger partial charge in [0, 0.05) is 44.6 Å². The van der Waals surface area contributed by atoms with Crippen LogP contribution in [0.1, 0.15) is 21.5 Å². The maximum atomic E-state index is 13.1. The van der Waals surface area contributed by atoms with E-state index in [9.17, 15) is 4.79 Å². The van der Waals surface area contributed by atoms with Crippen LogP contribution in [0.3, 0.4) is 0 Å². The summed E-state index contributed by atoms with van der Waals surface area (Å²) in [6, 6.07) is 11.8. The molecule has 2 aromatic heterocycles. The molecule has 0 aliphatic carbocycles. The van der Waals surface area contributed by atoms with Crippen molar-refractivity contribution in [3.8, 4) is 11.3 Å². The zero-order valence-electron chi connectivity index (χ0n) is 14.3. The topological polar surface area (TPSA) is 63.1 Å². The predicted molar refractivity (Wildman–Crippen MR) is 105 cm³/mol. The highest BCUT2D eigenvalue weighted by Gasteiger charge is 2.32. The van der Waals surface area contributed by atoms with Crippen LogP contribution in [0, 0.1) is 0 Å². The molecule has 0 radical (unpaired) electrons. The Morgan fingerprint density at radius 2 is 2.12 bits per heavy atom. The monoisotopic (exact) mass is 389 g/mol. The Hall–Kier alpha value is -2.22. The number of aromatic nitrogens is 3. The number of halogens is 1. The van der Waals surface area contributed by atoms with Gasteiger partial charge in [-0.05, 0) is 17.6 Å². The second-order valence-corrected chi connectivity index (χ2v) is 6.86. The smallest absolute Gasteiger partial charge is 0.266 e. The summed E-state index contributed by atoms with van der Waals surface area (Å²) < 4.78 is 6.44. The van der Waals surface area contributed by atoms with E-state index in [0.717, 1.165) is 23.6 Å². The molecule has 1 aliphatic heterocycles. The first-order valence-corrected chi connectivity index (χ1v) is 9.02. The molecule has 26 heavy (non-hydrogen) atoms. The third-order valence-electron chi connectivity index (χ3n) is 4.45. The Balaban J connectivity index is 0.00000196. The summed E-state index contributed by atoms with van der Waals surface area (Å²) in [4.78, 5) is 20.1. The first-order valence-electron chi connectivity index (χ1n) is 8.25. The van der Waals surface area contributed by atoms with Gasteiger partial charge in [-0.15, -0.1) is 12.4 Å². The van der Waals surface area contributed by atoms with E-state index < -0.39 is 0 Å². The Kier molecular flexibility index (Phi) is 5.70. The second kappa shape index (κ2) is 7.99. The van der Waals surface area contributed by atoms with Gasteiger partial charge in [-0.2, -0.15) is 4.37 Å². The van der Waals surface area contributed by atoms with Gasteiger partial charge < -0.3 is 14.8 Å². The largest absolute Gasteiger partial charge is 0.336 e. The van der Waals surface area contributed by atoms with E-state index in [4.69, 9.17) is 0 Å². The summed E-state index contributed by atoms with van der Waals surface area (Å²) in [6.45, 7) is 2.16. The molecular weight excluding hydrogens is 370 g/mol. The molecule has 1 aliphatic rings. The van der Waals surface area contributed by atoms with E-state index in [0.29, 0.717) is 18.0 Å². The van der Waals surface area contributed by atoms with Crippen molar-refractivity contribution in [2.45, 2.75) is 6.04 Å². The summed E-state index contributed by atoms with van der Waals surface area (Å²) in [5, 5.41) is 3.36. The molecule has 136 valence electrons. The molecule has 1 saturated heterocycles. The Morgan fingerprint density at radius 3 is 2.85 bits per heavy atom. The standard InChI is InChI=1S/C18H19N5OS.ClH/c1-22-9-8-20-17(22)15-12-19-7-10-23(15)18(24)16-11-14(21-25-16)13-5-3-2-4-6-13;/h2-6,8-9,11,15,19H,7,10,12H2,1H3;1H. The summed E-state index contributed by atoms with van der Waals surface area (Å²) in [6.07, 6.45) is 3.68. The lowest BCUT2D eigenvalue weighted by molar-refractivity contribution is 0.0626. The normalized spacial score (nSPS) is 17.0. The van der Waals surface area contributed by atoms with Gasteiger partial charge in [0.15, 0.2) is 0 Å². The summed E-state index contributed by atoms with van der Waals surface area (Å²) >= 11 is 1.26. The number of nitrogens with zero attached hydrogens (tertiary/aromatic N) is 4. The number of carbonyl (C=O) groups excluding carboxylic acids is 1. The molecule has 6 nitrogen and oxygen atoms in total. The lowest BCUT2D eigenvalue weighted by Gasteiger charge is -2.35. The molecular formula is C18H20ClN5OS. The highest BCUT2D eigenvalue weighted by molar-refractivity contribution is 7.08. The van der Waals surface area contributed by atoms with Crippen LogP contribution < -0.4 is 5.32 Å². The van der Waals surface area contributed by atoms with Gasteiger partial charge in [0.2, 0.25) is 0 Å². The van der Waals surface area contributed by atoms with Crippen LogP contribution in [0.5, 0.6) is 0 Å².